The number of alkyl halides is 3. The molecule has 0 aromatic heterocycles. The highest BCUT2D eigenvalue weighted by Gasteiger charge is 2.29. The van der Waals surface area contributed by atoms with Gasteiger partial charge < -0.3 is 21.3 Å². The van der Waals surface area contributed by atoms with Crippen molar-refractivity contribution < 1.29 is 35.7 Å². The Morgan fingerprint density at radius 1 is 1.26 bits per heavy atom. The number of rotatable bonds is 5. The highest BCUT2D eigenvalue weighted by atomic mass is 32.2. The van der Waals surface area contributed by atoms with Crippen molar-refractivity contribution in [3.05, 3.63) is 70.0 Å². The standard InChI is InChI=1S/C13H14N3O.C9H11NO3S.C3H4F3NO/c1-15-12-5-6-16(13(12)17)9-11-4-2-3-10(7-11)8-14;11-14(12,13)9-2-1-7-3-4-10-6-8(7)5-9;4-3(5,6)1-2(7)8/h2-4,7,12H,5-6,9H2,1H3;1-2,5,10H,3-4,6H2,(H,11,12,13);1H2,(H2,7,8)/q-1;;/t12-;;/m0../s1. The Balaban J connectivity index is 0.000000219. The fraction of sp³-hybridized carbons (Fsp3) is 0.400. The fourth-order valence-corrected chi connectivity index (χ4v) is 4.42. The number of hydrogen-bond donors (Lipinski definition) is 3. The van der Waals surface area contributed by atoms with Crippen LogP contribution < -0.4 is 11.1 Å². The normalized spacial score (nSPS) is 16.7. The van der Waals surface area contributed by atoms with E-state index in [0.717, 1.165) is 42.6 Å². The number of nitrogens with zero attached hydrogens (tertiary/aromatic N) is 3. The first-order chi connectivity index (χ1) is 18.2. The predicted molar refractivity (Wildman–Crippen MR) is 136 cm³/mol. The van der Waals surface area contributed by atoms with E-state index in [-0.39, 0.29) is 16.8 Å². The van der Waals surface area contributed by atoms with Gasteiger partial charge in [-0.2, -0.15) is 33.9 Å². The topological polar surface area (TPSA) is 168 Å². The second kappa shape index (κ2) is 14.0. The molecule has 0 spiro atoms. The summed E-state index contributed by atoms with van der Waals surface area (Å²) in [6.45, 7) is 2.90. The summed E-state index contributed by atoms with van der Waals surface area (Å²) in [5, 5.41) is 16.0. The average molecular weight is 569 g/mol. The van der Waals surface area contributed by atoms with Crippen LogP contribution >= 0.6 is 0 Å². The highest BCUT2D eigenvalue weighted by Crippen LogP contribution is 2.20. The molecule has 2 amide bonds. The molecule has 2 aromatic carbocycles. The van der Waals surface area contributed by atoms with Gasteiger partial charge in [0, 0.05) is 19.6 Å². The number of fused-ring (bicyclic) bond motifs is 1. The lowest BCUT2D eigenvalue weighted by Gasteiger charge is -2.22. The van der Waals surface area contributed by atoms with Crippen LogP contribution in [0.25, 0.3) is 5.32 Å². The zero-order chi connectivity index (χ0) is 29.2. The summed E-state index contributed by atoms with van der Waals surface area (Å²) in [6.07, 6.45) is -4.28. The van der Waals surface area contributed by atoms with E-state index in [4.69, 9.17) is 9.81 Å². The van der Waals surface area contributed by atoms with Crippen molar-refractivity contribution in [3.8, 4) is 6.07 Å². The first-order valence-corrected chi connectivity index (χ1v) is 13.2. The Kier molecular flexibility index (Phi) is 11.4. The molecule has 2 heterocycles. The lowest BCUT2D eigenvalue weighted by atomic mass is 10.0. The zero-order valence-electron chi connectivity index (χ0n) is 21.1. The van der Waals surface area contributed by atoms with E-state index in [1.165, 1.54) is 12.1 Å². The summed E-state index contributed by atoms with van der Waals surface area (Å²) in [5.74, 6) is -1.26. The number of hydrogen-bond acceptors (Lipinski definition) is 6. The van der Waals surface area contributed by atoms with Gasteiger partial charge in [0.15, 0.2) is 0 Å². The predicted octanol–water partition coefficient (Wildman–Crippen LogP) is 2.67. The third-order valence-electron chi connectivity index (χ3n) is 5.75. The number of amides is 2. The van der Waals surface area contributed by atoms with Crippen LogP contribution in [0, 0.1) is 11.3 Å². The van der Waals surface area contributed by atoms with E-state index in [1.807, 2.05) is 18.2 Å². The minimum atomic E-state index is -4.45. The van der Waals surface area contributed by atoms with Gasteiger partial charge in [-0.15, -0.1) is 0 Å². The molecule has 0 aliphatic carbocycles. The van der Waals surface area contributed by atoms with Crippen LogP contribution in [0.3, 0.4) is 0 Å². The summed E-state index contributed by atoms with van der Waals surface area (Å²) in [7, 11) is -2.38. The number of carbonyl (C=O) groups is 2. The van der Waals surface area contributed by atoms with Crippen molar-refractivity contribution in [1.29, 1.82) is 5.26 Å². The van der Waals surface area contributed by atoms with Crippen molar-refractivity contribution in [2.75, 3.05) is 20.1 Å². The monoisotopic (exact) mass is 568 g/mol. The third kappa shape index (κ3) is 10.6. The molecule has 2 aliphatic heterocycles. The fourth-order valence-electron chi connectivity index (χ4n) is 3.89. The number of nitrogens with one attached hydrogen (secondary N) is 1. The molecule has 2 aromatic rings. The molecule has 39 heavy (non-hydrogen) atoms. The zero-order valence-corrected chi connectivity index (χ0v) is 21.9. The summed E-state index contributed by atoms with van der Waals surface area (Å²) >= 11 is 0. The Bertz CT molecular complexity index is 1310. The summed E-state index contributed by atoms with van der Waals surface area (Å²) in [4.78, 5) is 23.2. The van der Waals surface area contributed by atoms with Gasteiger partial charge in [0.25, 0.3) is 10.1 Å². The molecule has 0 unspecified atom stereocenters. The van der Waals surface area contributed by atoms with Gasteiger partial charge in [0.2, 0.25) is 11.8 Å². The number of likely N-dealkylation sites (tertiary alicyclic amines) is 1. The van der Waals surface area contributed by atoms with Crippen molar-refractivity contribution in [1.82, 2.24) is 10.2 Å². The first kappa shape index (κ1) is 31.7. The van der Waals surface area contributed by atoms with Gasteiger partial charge in [0.05, 0.1) is 16.5 Å². The number of benzene rings is 2. The maximum atomic E-state index is 11.9. The van der Waals surface area contributed by atoms with Crippen molar-refractivity contribution >= 4 is 21.9 Å². The van der Waals surface area contributed by atoms with Gasteiger partial charge in [-0.05, 0) is 60.3 Å². The second-order valence-electron chi connectivity index (χ2n) is 8.73. The maximum absolute atomic E-state index is 11.9. The molecule has 14 heteroatoms. The van der Waals surface area contributed by atoms with Crippen molar-refractivity contribution in [2.24, 2.45) is 5.73 Å². The quantitative estimate of drug-likeness (QED) is 0.466. The summed E-state index contributed by atoms with van der Waals surface area (Å²) in [5.41, 5.74) is 7.94. The van der Waals surface area contributed by atoms with Gasteiger partial charge >= 0.3 is 6.18 Å². The van der Waals surface area contributed by atoms with Crippen LogP contribution in [0.1, 0.15) is 35.1 Å². The molecule has 1 saturated heterocycles. The van der Waals surface area contributed by atoms with E-state index in [9.17, 15) is 31.2 Å². The maximum Gasteiger partial charge on any atom is 0.397 e. The highest BCUT2D eigenvalue weighted by molar-refractivity contribution is 7.85. The molecule has 4 N–H and O–H groups in total. The first-order valence-electron chi connectivity index (χ1n) is 11.8. The van der Waals surface area contributed by atoms with Crippen LogP contribution in [0.15, 0.2) is 47.4 Å². The number of likely N-dealkylation sites (N-methyl/N-ethyl adjacent to an activating group) is 1. The lowest BCUT2D eigenvalue weighted by molar-refractivity contribution is -0.151. The summed E-state index contributed by atoms with van der Waals surface area (Å²) in [6, 6.07) is 14.0. The number of nitrogens with two attached hydrogens (primary N) is 1. The Hall–Kier alpha value is -3.51. The molecular weight excluding hydrogens is 539 g/mol. The average Bonchev–Trinajstić information content (AvgIpc) is 3.21. The molecule has 1 atom stereocenters. The number of nitriles is 1. The molecule has 1 fully saturated rings. The molecule has 10 nitrogen and oxygen atoms in total. The molecule has 0 bridgehead atoms. The Morgan fingerprint density at radius 3 is 2.51 bits per heavy atom. The van der Waals surface area contributed by atoms with E-state index in [1.54, 1.807) is 24.1 Å². The molecular formula is C25H29F3N5O5S-. The Labute approximate surface area is 224 Å². The van der Waals surface area contributed by atoms with Gasteiger partial charge in [0.1, 0.15) is 6.42 Å². The van der Waals surface area contributed by atoms with Crippen LogP contribution in [-0.4, -0.2) is 62.0 Å². The molecule has 212 valence electrons. The van der Waals surface area contributed by atoms with Crippen molar-refractivity contribution in [2.45, 2.75) is 49.5 Å². The minimum absolute atomic E-state index is 0.0278. The van der Waals surface area contributed by atoms with Crippen LogP contribution in [-0.2, 0) is 39.2 Å². The second-order valence-corrected chi connectivity index (χ2v) is 10.1. The van der Waals surface area contributed by atoms with E-state index < -0.39 is 28.6 Å². The largest absolute Gasteiger partial charge is 0.654 e. The minimum Gasteiger partial charge on any atom is -0.654 e. The van der Waals surface area contributed by atoms with E-state index in [0.29, 0.717) is 18.7 Å². The van der Waals surface area contributed by atoms with Crippen LogP contribution in [0.4, 0.5) is 13.2 Å². The van der Waals surface area contributed by atoms with Gasteiger partial charge in [-0.25, -0.2) is 0 Å². The number of carbonyl (C=O) groups excluding carboxylic acids is 2. The van der Waals surface area contributed by atoms with Crippen molar-refractivity contribution in [3.63, 3.8) is 0 Å². The molecule has 4 rings (SSSR count). The smallest absolute Gasteiger partial charge is 0.397 e. The van der Waals surface area contributed by atoms with E-state index >= 15 is 0 Å². The third-order valence-corrected chi connectivity index (χ3v) is 6.60. The van der Waals surface area contributed by atoms with Gasteiger partial charge in [-0.3, -0.25) is 14.1 Å². The molecule has 2 aliphatic rings. The lowest BCUT2D eigenvalue weighted by Crippen LogP contribution is -2.28. The van der Waals surface area contributed by atoms with Crippen LogP contribution in [0.5, 0.6) is 0 Å². The summed E-state index contributed by atoms with van der Waals surface area (Å²) < 4.78 is 63.6. The Morgan fingerprint density at radius 2 is 1.97 bits per heavy atom. The number of primary amides is 1. The van der Waals surface area contributed by atoms with Crippen LogP contribution in [0.2, 0.25) is 0 Å². The van der Waals surface area contributed by atoms with Gasteiger partial charge in [-0.1, -0.05) is 24.2 Å². The molecule has 0 radical (unpaired) electrons. The molecule has 0 saturated carbocycles. The number of halogens is 3. The SMILES string of the molecule is C[N-][C@H]1CCN(Cc2cccc(C#N)c2)C1=O.NC(=O)CC(F)(F)F.O=S(=O)(O)c1ccc2c(c1)CNCC2. The van der Waals surface area contributed by atoms with E-state index in [2.05, 4.69) is 22.4 Å².